The van der Waals surface area contributed by atoms with E-state index in [9.17, 15) is 14.4 Å². The number of aromatic nitrogens is 2. The van der Waals surface area contributed by atoms with Crippen LogP contribution in [0.15, 0.2) is 24.3 Å². The van der Waals surface area contributed by atoms with Gasteiger partial charge in [-0.25, -0.2) is 14.2 Å². The summed E-state index contributed by atoms with van der Waals surface area (Å²) in [5.74, 6) is -0.108. The van der Waals surface area contributed by atoms with E-state index >= 15 is 0 Å². The fourth-order valence-electron chi connectivity index (χ4n) is 4.40. The second-order valence-electron chi connectivity index (χ2n) is 9.92. The Hall–Kier alpha value is -3.40. The van der Waals surface area contributed by atoms with Crippen molar-refractivity contribution in [1.82, 2.24) is 9.38 Å². The number of halogens is 1. The molecule has 4 rings (SSSR count). The van der Waals surface area contributed by atoms with Gasteiger partial charge in [0.1, 0.15) is 23.3 Å². The van der Waals surface area contributed by atoms with Crippen LogP contribution in [0.5, 0.6) is 0 Å². The number of carbonyl (C=O) groups excluding carboxylic acids is 1. The molecule has 0 bridgehead atoms. The van der Waals surface area contributed by atoms with E-state index in [-0.39, 0.29) is 16.9 Å². The van der Waals surface area contributed by atoms with Crippen molar-refractivity contribution in [2.24, 2.45) is 0 Å². The topological polar surface area (TPSA) is 79.4 Å². The molecule has 0 spiro atoms. The van der Waals surface area contributed by atoms with Gasteiger partial charge in [0.15, 0.2) is 5.69 Å². The van der Waals surface area contributed by atoms with E-state index in [0.717, 1.165) is 11.3 Å². The first-order valence-electron chi connectivity index (χ1n) is 10.6. The monoisotopic (exact) mass is 434 g/mol. The summed E-state index contributed by atoms with van der Waals surface area (Å²) in [5.41, 5.74) is 3.36. The maximum absolute atomic E-state index is 13.5. The Morgan fingerprint density at radius 2 is 1.97 bits per heavy atom. The predicted molar refractivity (Wildman–Crippen MR) is 121 cm³/mol. The number of carbonyl (C=O) groups is 1. The third-order valence-electron chi connectivity index (χ3n) is 5.69. The third-order valence-corrected chi connectivity index (χ3v) is 5.69. The molecule has 2 aromatic heterocycles. The first kappa shape index (κ1) is 21.8. The number of benzene rings is 1. The molecule has 0 saturated heterocycles. The first-order chi connectivity index (χ1) is 14.9. The third kappa shape index (κ3) is 3.60. The molecule has 166 valence electrons. The number of rotatable bonds is 3. The van der Waals surface area contributed by atoms with Crippen LogP contribution in [-0.4, -0.2) is 27.5 Å². The van der Waals surface area contributed by atoms with Crippen molar-refractivity contribution in [2.75, 3.05) is 11.9 Å². The average Bonchev–Trinajstić information content (AvgIpc) is 3.18. The van der Waals surface area contributed by atoms with Gasteiger partial charge in [-0.1, -0.05) is 26.0 Å². The summed E-state index contributed by atoms with van der Waals surface area (Å²) in [7, 11) is 0. The van der Waals surface area contributed by atoms with Crippen LogP contribution in [0.4, 0.5) is 10.1 Å². The van der Waals surface area contributed by atoms with Crippen molar-refractivity contribution >= 4 is 17.2 Å². The zero-order valence-corrected chi connectivity index (χ0v) is 19.3. The quantitative estimate of drug-likeness (QED) is 0.593. The van der Waals surface area contributed by atoms with Crippen LogP contribution in [0.3, 0.4) is 0 Å². The highest BCUT2D eigenvalue weighted by Crippen LogP contribution is 2.43. The normalized spacial score (nSPS) is 14.7. The van der Waals surface area contributed by atoms with E-state index < -0.39 is 11.6 Å². The van der Waals surface area contributed by atoms with Gasteiger partial charge in [-0.3, -0.25) is 4.40 Å². The van der Waals surface area contributed by atoms with Gasteiger partial charge in [0.2, 0.25) is 0 Å². The van der Waals surface area contributed by atoms with Crippen molar-refractivity contribution in [3.05, 3.63) is 64.0 Å². The second-order valence-corrected chi connectivity index (χ2v) is 9.92. The maximum atomic E-state index is 13.5. The number of nitriles is 1. The molecule has 32 heavy (non-hydrogen) atoms. The minimum absolute atomic E-state index is 0.259. The van der Waals surface area contributed by atoms with E-state index in [1.54, 1.807) is 12.1 Å². The van der Waals surface area contributed by atoms with Crippen LogP contribution in [0.1, 0.15) is 73.3 Å². The molecule has 1 N–H and O–H groups in total. The summed E-state index contributed by atoms with van der Waals surface area (Å²) in [5, 5.41) is 13.3. The number of anilines is 1. The Morgan fingerprint density at radius 1 is 1.31 bits per heavy atom. The number of ether oxygens (including phenoxy) is 1. The lowest BCUT2D eigenvalue weighted by Crippen LogP contribution is -2.26. The van der Waals surface area contributed by atoms with Crippen molar-refractivity contribution in [3.63, 3.8) is 0 Å². The van der Waals surface area contributed by atoms with Crippen molar-refractivity contribution < 1.29 is 13.9 Å². The maximum Gasteiger partial charge on any atom is 0.341 e. The molecule has 0 fully saturated rings. The van der Waals surface area contributed by atoms with Crippen molar-refractivity contribution in [3.8, 4) is 6.07 Å². The number of pyridine rings is 1. The van der Waals surface area contributed by atoms with Gasteiger partial charge in [-0.05, 0) is 45.4 Å². The van der Waals surface area contributed by atoms with Crippen LogP contribution in [-0.2, 0) is 16.6 Å². The summed E-state index contributed by atoms with van der Waals surface area (Å²) in [6, 6.07) is 8.34. The fraction of sp³-hybridized carbons (Fsp3) is 0.400. The van der Waals surface area contributed by atoms with Gasteiger partial charge in [-0.2, -0.15) is 5.26 Å². The second kappa shape index (κ2) is 7.33. The van der Waals surface area contributed by atoms with Gasteiger partial charge in [0, 0.05) is 23.9 Å². The van der Waals surface area contributed by atoms with E-state index in [1.807, 2.05) is 32.1 Å². The molecule has 0 atom stereocenters. The number of nitrogens with zero attached hydrogens (tertiary/aromatic N) is 3. The number of fused-ring (bicyclic) bond motifs is 3. The lowest BCUT2D eigenvalue weighted by Gasteiger charge is -2.25. The number of hydrogen-bond donors (Lipinski definition) is 1. The molecule has 1 aliphatic rings. The summed E-state index contributed by atoms with van der Waals surface area (Å²) in [4.78, 5) is 18.0. The van der Waals surface area contributed by atoms with E-state index in [1.165, 1.54) is 12.1 Å². The summed E-state index contributed by atoms with van der Waals surface area (Å²) in [6.45, 7) is 12.1. The lowest BCUT2D eigenvalue weighted by molar-refractivity contribution is 0.00697. The molecule has 6 nitrogen and oxygen atoms in total. The zero-order chi connectivity index (χ0) is 23.4. The van der Waals surface area contributed by atoms with Gasteiger partial charge >= 0.3 is 5.97 Å². The van der Waals surface area contributed by atoms with Gasteiger partial charge in [-0.15, -0.1) is 0 Å². The highest BCUT2D eigenvalue weighted by molar-refractivity contribution is 6.02. The van der Waals surface area contributed by atoms with Gasteiger partial charge < -0.3 is 10.1 Å². The van der Waals surface area contributed by atoms with Crippen LogP contribution < -0.4 is 5.32 Å². The standard InChI is InChI=1S/C25H27FN4O2/c1-14-29-18(12-27)21-17(11-15-7-9-16(26)10-8-15)19(23(31)32-24(2,3)4)20-22(30(14)21)25(5,6)13-28-20/h7-10,28H,11,13H2,1-6H3. The lowest BCUT2D eigenvalue weighted by atomic mass is 9.88. The Morgan fingerprint density at radius 3 is 2.56 bits per heavy atom. The number of hydrogen-bond acceptors (Lipinski definition) is 5. The van der Waals surface area contributed by atoms with Gasteiger partial charge in [0.05, 0.1) is 22.5 Å². The fourth-order valence-corrected chi connectivity index (χ4v) is 4.40. The number of esters is 1. The summed E-state index contributed by atoms with van der Waals surface area (Å²) < 4.78 is 21.3. The van der Waals surface area contributed by atoms with Crippen LogP contribution >= 0.6 is 0 Å². The van der Waals surface area contributed by atoms with E-state index in [0.29, 0.717) is 41.1 Å². The first-order valence-corrected chi connectivity index (χ1v) is 10.6. The summed E-state index contributed by atoms with van der Waals surface area (Å²) in [6.07, 6.45) is 0.327. The molecule has 0 radical (unpaired) electrons. The molecule has 3 aromatic rings. The Labute approximate surface area is 187 Å². The molecule has 0 aliphatic carbocycles. The molecular formula is C25H27FN4O2. The highest BCUT2D eigenvalue weighted by Gasteiger charge is 2.40. The summed E-state index contributed by atoms with van der Waals surface area (Å²) >= 11 is 0. The largest absolute Gasteiger partial charge is 0.456 e. The molecule has 0 saturated carbocycles. The minimum Gasteiger partial charge on any atom is -0.456 e. The molecule has 1 aliphatic heterocycles. The smallest absolute Gasteiger partial charge is 0.341 e. The molecule has 1 aromatic carbocycles. The van der Waals surface area contributed by atoms with Crippen molar-refractivity contribution in [2.45, 2.75) is 59.0 Å². The van der Waals surface area contributed by atoms with E-state index in [4.69, 9.17) is 4.74 Å². The van der Waals surface area contributed by atoms with Crippen LogP contribution in [0, 0.1) is 24.1 Å². The van der Waals surface area contributed by atoms with Crippen LogP contribution in [0.2, 0.25) is 0 Å². The van der Waals surface area contributed by atoms with Crippen molar-refractivity contribution in [1.29, 1.82) is 5.26 Å². The highest BCUT2D eigenvalue weighted by atomic mass is 19.1. The average molecular weight is 435 g/mol. The SMILES string of the molecule is Cc1nc(C#N)c2c(Cc3ccc(F)cc3)c(C(=O)OC(C)(C)C)c3c(n12)C(C)(C)CN3. The number of nitrogens with one attached hydrogen (secondary N) is 1. The molecule has 7 heteroatoms. The molecular weight excluding hydrogens is 407 g/mol. The predicted octanol–water partition coefficient (Wildman–Crippen LogP) is 4.90. The number of aryl methyl sites for hydroxylation is 1. The molecule has 0 unspecified atom stereocenters. The Kier molecular flexibility index (Phi) is 5.00. The molecule has 3 heterocycles. The zero-order valence-electron chi connectivity index (χ0n) is 19.3. The number of imidazole rings is 1. The van der Waals surface area contributed by atoms with Gasteiger partial charge in [0.25, 0.3) is 0 Å². The molecule has 0 amide bonds. The van der Waals surface area contributed by atoms with E-state index in [2.05, 4.69) is 30.2 Å². The minimum atomic E-state index is -0.689. The van der Waals surface area contributed by atoms with Crippen LogP contribution in [0.25, 0.3) is 5.52 Å². The Bertz CT molecular complexity index is 1270. The Balaban J connectivity index is 2.10.